The second kappa shape index (κ2) is 4.93. The molecule has 0 aliphatic rings. The van der Waals surface area contributed by atoms with Gasteiger partial charge in [0.25, 0.3) is 5.91 Å². The highest BCUT2D eigenvalue weighted by atomic mass is 79.9. The van der Waals surface area contributed by atoms with Gasteiger partial charge in [0, 0.05) is 5.38 Å². The van der Waals surface area contributed by atoms with Gasteiger partial charge in [-0.1, -0.05) is 4.49 Å². The summed E-state index contributed by atoms with van der Waals surface area (Å²) in [6, 6.07) is 0. The van der Waals surface area contributed by atoms with E-state index in [0.717, 1.165) is 11.5 Å². The first-order valence-corrected chi connectivity index (χ1v) is 6.35. The molecule has 0 unspecified atom stereocenters. The Hall–Kier alpha value is -0.930. The lowest BCUT2D eigenvalue weighted by molar-refractivity contribution is 0.102. The van der Waals surface area contributed by atoms with Gasteiger partial charge in [0.15, 0.2) is 11.5 Å². The third-order valence-corrected chi connectivity index (χ3v) is 2.96. The molecule has 0 aromatic carbocycles. The van der Waals surface area contributed by atoms with Crippen molar-refractivity contribution in [2.45, 2.75) is 0 Å². The standard InChI is InChI=1S/C7H3Br2N5OS/c8-4-1-10-6(5(9)11-4)12-7(15)3-2-16-14-13-3/h1-2H,(H,10,12,15). The fraction of sp³-hybridized carbons (Fsp3) is 0. The van der Waals surface area contributed by atoms with E-state index in [4.69, 9.17) is 0 Å². The Morgan fingerprint density at radius 2 is 2.25 bits per heavy atom. The van der Waals surface area contributed by atoms with Crippen molar-refractivity contribution in [3.05, 3.63) is 26.5 Å². The van der Waals surface area contributed by atoms with Crippen molar-refractivity contribution in [2.75, 3.05) is 5.32 Å². The van der Waals surface area contributed by atoms with E-state index >= 15 is 0 Å². The zero-order chi connectivity index (χ0) is 11.5. The molecular formula is C7H3Br2N5OS. The first-order chi connectivity index (χ1) is 7.66. The number of anilines is 1. The molecule has 0 saturated heterocycles. The summed E-state index contributed by atoms with van der Waals surface area (Å²) in [5, 5.41) is 7.76. The molecular weight excluding hydrogens is 362 g/mol. The van der Waals surface area contributed by atoms with Crippen LogP contribution in [0.5, 0.6) is 0 Å². The largest absolute Gasteiger partial charge is 0.303 e. The molecule has 0 atom stereocenters. The second-order valence-electron chi connectivity index (χ2n) is 2.58. The maximum absolute atomic E-state index is 11.6. The van der Waals surface area contributed by atoms with E-state index in [1.807, 2.05) is 0 Å². The Balaban J connectivity index is 2.18. The fourth-order valence-electron chi connectivity index (χ4n) is 0.866. The number of hydrogen-bond donors (Lipinski definition) is 1. The predicted octanol–water partition coefficient (Wildman–Crippen LogP) is 2.11. The summed E-state index contributed by atoms with van der Waals surface area (Å²) >= 11 is 7.46. The molecule has 1 amide bonds. The van der Waals surface area contributed by atoms with E-state index in [1.54, 1.807) is 5.38 Å². The lowest BCUT2D eigenvalue weighted by atomic mass is 10.4. The van der Waals surface area contributed by atoms with Gasteiger partial charge in [-0.25, -0.2) is 9.97 Å². The van der Waals surface area contributed by atoms with Crippen LogP contribution in [0, 0.1) is 0 Å². The van der Waals surface area contributed by atoms with E-state index in [9.17, 15) is 4.79 Å². The van der Waals surface area contributed by atoms with Crippen molar-refractivity contribution in [1.29, 1.82) is 0 Å². The van der Waals surface area contributed by atoms with Crippen LogP contribution in [0.1, 0.15) is 10.5 Å². The molecule has 0 saturated carbocycles. The Kier molecular flexibility index (Phi) is 3.56. The number of carbonyl (C=O) groups is 1. The zero-order valence-corrected chi connectivity index (χ0v) is 11.5. The summed E-state index contributed by atoms with van der Waals surface area (Å²) in [4.78, 5) is 19.6. The van der Waals surface area contributed by atoms with Gasteiger partial charge in [-0.2, -0.15) is 0 Å². The summed E-state index contributed by atoms with van der Waals surface area (Å²) < 4.78 is 4.62. The van der Waals surface area contributed by atoms with Crippen LogP contribution >= 0.6 is 43.4 Å². The van der Waals surface area contributed by atoms with Gasteiger partial charge in [-0.3, -0.25) is 4.79 Å². The van der Waals surface area contributed by atoms with Gasteiger partial charge in [0.1, 0.15) is 9.21 Å². The van der Waals surface area contributed by atoms with E-state index in [-0.39, 0.29) is 11.6 Å². The van der Waals surface area contributed by atoms with Crippen molar-refractivity contribution in [3.8, 4) is 0 Å². The molecule has 16 heavy (non-hydrogen) atoms. The van der Waals surface area contributed by atoms with Crippen LogP contribution in [0.15, 0.2) is 20.8 Å². The zero-order valence-electron chi connectivity index (χ0n) is 7.52. The molecule has 82 valence electrons. The first kappa shape index (κ1) is 11.6. The Morgan fingerprint density at radius 1 is 1.44 bits per heavy atom. The molecule has 6 nitrogen and oxygen atoms in total. The predicted molar refractivity (Wildman–Crippen MR) is 65.3 cm³/mol. The normalized spacial score (nSPS) is 10.1. The highest BCUT2D eigenvalue weighted by Crippen LogP contribution is 2.19. The van der Waals surface area contributed by atoms with E-state index in [1.165, 1.54) is 6.20 Å². The van der Waals surface area contributed by atoms with Gasteiger partial charge in [-0.15, -0.1) is 5.10 Å². The number of amides is 1. The molecule has 0 aliphatic carbocycles. The molecule has 0 aliphatic heterocycles. The van der Waals surface area contributed by atoms with E-state index in [0.29, 0.717) is 15.0 Å². The van der Waals surface area contributed by atoms with Crippen molar-refractivity contribution >= 4 is 55.1 Å². The molecule has 2 heterocycles. The topological polar surface area (TPSA) is 80.7 Å². The third-order valence-electron chi connectivity index (χ3n) is 1.53. The number of halogens is 2. The minimum Gasteiger partial charge on any atom is -0.303 e. The van der Waals surface area contributed by atoms with Crippen LogP contribution in [-0.2, 0) is 0 Å². The first-order valence-electron chi connectivity index (χ1n) is 3.93. The maximum Gasteiger partial charge on any atom is 0.278 e. The van der Waals surface area contributed by atoms with E-state index < -0.39 is 0 Å². The SMILES string of the molecule is O=C(Nc1ncc(Br)nc1Br)c1csnn1. The lowest BCUT2D eigenvalue weighted by Crippen LogP contribution is -2.14. The smallest absolute Gasteiger partial charge is 0.278 e. The fourth-order valence-corrected chi connectivity index (χ4v) is 2.21. The summed E-state index contributed by atoms with van der Waals surface area (Å²) in [5.41, 5.74) is 0.251. The average Bonchev–Trinajstić information content (AvgIpc) is 2.75. The highest BCUT2D eigenvalue weighted by Gasteiger charge is 2.12. The van der Waals surface area contributed by atoms with Crippen LogP contribution in [0.4, 0.5) is 5.82 Å². The summed E-state index contributed by atoms with van der Waals surface area (Å²) in [6.07, 6.45) is 1.49. The molecule has 0 radical (unpaired) electrons. The molecule has 0 spiro atoms. The van der Waals surface area contributed by atoms with Crippen LogP contribution in [0.3, 0.4) is 0 Å². The molecule has 2 rings (SSSR count). The molecule has 9 heteroatoms. The van der Waals surface area contributed by atoms with Crippen molar-refractivity contribution in [1.82, 2.24) is 19.6 Å². The van der Waals surface area contributed by atoms with Crippen molar-refractivity contribution in [3.63, 3.8) is 0 Å². The van der Waals surface area contributed by atoms with Gasteiger partial charge in [0.2, 0.25) is 0 Å². The molecule has 0 fully saturated rings. The third kappa shape index (κ3) is 2.60. The van der Waals surface area contributed by atoms with Crippen molar-refractivity contribution in [2.24, 2.45) is 0 Å². The van der Waals surface area contributed by atoms with Crippen molar-refractivity contribution < 1.29 is 4.79 Å². The minimum absolute atomic E-state index is 0.251. The van der Waals surface area contributed by atoms with Crippen LogP contribution in [0.25, 0.3) is 0 Å². The summed E-state index contributed by atoms with van der Waals surface area (Å²) in [6.45, 7) is 0. The Bertz CT molecular complexity index is 518. The number of rotatable bonds is 2. The van der Waals surface area contributed by atoms with Gasteiger partial charge < -0.3 is 5.32 Å². The van der Waals surface area contributed by atoms with E-state index in [2.05, 4.69) is 56.7 Å². The van der Waals surface area contributed by atoms with Gasteiger partial charge in [0.05, 0.1) is 6.20 Å². The maximum atomic E-state index is 11.6. The summed E-state index contributed by atoms with van der Waals surface area (Å²) in [5.74, 6) is -0.0349. The second-order valence-corrected chi connectivity index (χ2v) is 4.75. The molecule has 0 bridgehead atoms. The quantitative estimate of drug-likeness (QED) is 0.882. The average molecular weight is 365 g/mol. The number of hydrogen-bond acceptors (Lipinski definition) is 6. The lowest BCUT2D eigenvalue weighted by Gasteiger charge is -2.03. The molecule has 2 aromatic rings. The Labute approximate surface area is 111 Å². The van der Waals surface area contributed by atoms with Gasteiger partial charge >= 0.3 is 0 Å². The molecule has 1 N–H and O–H groups in total. The number of aromatic nitrogens is 4. The minimum atomic E-state index is -0.369. The summed E-state index contributed by atoms with van der Waals surface area (Å²) in [7, 11) is 0. The monoisotopic (exact) mass is 363 g/mol. The number of carbonyl (C=O) groups excluding carboxylic acids is 1. The van der Waals surface area contributed by atoms with Crippen LogP contribution in [0.2, 0.25) is 0 Å². The highest BCUT2D eigenvalue weighted by molar-refractivity contribution is 9.11. The van der Waals surface area contributed by atoms with Crippen LogP contribution < -0.4 is 5.32 Å². The number of nitrogens with zero attached hydrogens (tertiary/aromatic N) is 4. The van der Waals surface area contributed by atoms with Crippen LogP contribution in [-0.4, -0.2) is 25.5 Å². The molecule has 2 aromatic heterocycles. The Morgan fingerprint density at radius 3 is 2.88 bits per heavy atom. The number of nitrogens with one attached hydrogen (secondary N) is 1. The van der Waals surface area contributed by atoms with Gasteiger partial charge in [-0.05, 0) is 43.4 Å².